The van der Waals surface area contributed by atoms with E-state index in [1.54, 1.807) is 0 Å². The summed E-state index contributed by atoms with van der Waals surface area (Å²) in [6, 6.07) is -1.12. The largest absolute Gasteiger partial charge is 0.396 e. The van der Waals surface area contributed by atoms with Crippen LogP contribution in [0, 0.1) is 0 Å². The minimum absolute atomic E-state index is 0.0779. The summed E-state index contributed by atoms with van der Waals surface area (Å²) in [7, 11) is 0. The maximum atomic E-state index is 10.2. The van der Waals surface area contributed by atoms with Crippen molar-refractivity contribution < 1.29 is 15.0 Å². The number of aliphatic hydroxyl groups excluding tert-OH is 2. The maximum Gasteiger partial charge on any atom is 0.312 e. The van der Waals surface area contributed by atoms with E-state index >= 15 is 0 Å². The van der Waals surface area contributed by atoms with Gasteiger partial charge in [0.25, 0.3) is 0 Å². The number of rotatable bonds is 4. The van der Waals surface area contributed by atoms with E-state index in [-0.39, 0.29) is 13.2 Å². The summed E-state index contributed by atoms with van der Waals surface area (Å²) >= 11 is 0. The molecule has 0 aliphatic heterocycles. The Bertz CT molecular complexity index is 107. The highest BCUT2D eigenvalue weighted by Crippen LogP contribution is 1.87. The molecule has 0 saturated heterocycles. The number of carbonyl (C=O) groups excluding carboxylic acids is 1. The molecule has 0 bridgehead atoms. The van der Waals surface area contributed by atoms with Gasteiger partial charge in [-0.05, 0) is 6.42 Å². The number of hydrogen-bond acceptors (Lipinski definition) is 3. The number of urea groups is 1. The quantitative estimate of drug-likeness (QED) is 0.386. The molecule has 0 heterocycles. The van der Waals surface area contributed by atoms with Gasteiger partial charge in [0.2, 0.25) is 0 Å². The van der Waals surface area contributed by atoms with Crippen LogP contribution in [-0.4, -0.2) is 35.5 Å². The molecule has 0 spiro atoms. The second kappa shape index (κ2) is 5.01. The van der Waals surface area contributed by atoms with Gasteiger partial charge in [-0.25, -0.2) is 4.79 Å². The van der Waals surface area contributed by atoms with Gasteiger partial charge in [-0.3, -0.25) is 0 Å². The standard InChI is InChI=1S/C5H12N2O3/c6-5(10)7-4(3-9)1-2-8/h4,8-9H,1-3H2,(H3,6,7,10)/t4-/m1/s1. The second-order valence-electron chi connectivity index (χ2n) is 1.90. The van der Waals surface area contributed by atoms with Gasteiger partial charge in [0, 0.05) is 6.61 Å². The minimum atomic E-state index is -0.687. The number of hydrogen-bond donors (Lipinski definition) is 4. The molecule has 0 aliphatic carbocycles. The molecule has 0 aromatic rings. The van der Waals surface area contributed by atoms with Crippen LogP contribution in [0.2, 0.25) is 0 Å². The van der Waals surface area contributed by atoms with E-state index < -0.39 is 12.1 Å². The summed E-state index contributed by atoms with van der Waals surface area (Å²) in [5.74, 6) is 0. The van der Waals surface area contributed by atoms with Crippen molar-refractivity contribution in [3.63, 3.8) is 0 Å². The highest BCUT2D eigenvalue weighted by Gasteiger charge is 2.06. The van der Waals surface area contributed by atoms with Gasteiger partial charge in [-0.1, -0.05) is 0 Å². The predicted octanol–water partition coefficient (Wildman–Crippen LogP) is -1.60. The molecule has 0 aromatic heterocycles. The number of carbonyl (C=O) groups is 1. The molecular weight excluding hydrogens is 136 g/mol. The second-order valence-corrected chi connectivity index (χ2v) is 1.90. The third kappa shape index (κ3) is 4.11. The number of nitrogens with two attached hydrogens (primary N) is 1. The van der Waals surface area contributed by atoms with Crippen molar-refractivity contribution in [2.45, 2.75) is 12.5 Å². The summed E-state index contributed by atoms with van der Waals surface area (Å²) in [5, 5.41) is 19.2. The number of aliphatic hydroxyl groups is 2. The molecule has 0 aliphatic rings. The van der Waals surface area contributed by atoms with Crippen molar-refractivity contribution in [1.82, 2.24) is 5.32 Å². The van der Waals surface area contributed by atoms with Crippen molar-refractivity contribution in [1.29, 1.82) is 0 Å². The molecule has 1 atom stereocenters. The summed E-state index contributed by atoms with van der Waals surface area (Å²) < 4.78 is 0. The van der Waals surface area contributed by atoms with E-state index in [9.17, 15) is 4.79 Å². The summed E-state index contributed by atoms with van der Waals surface area (Å²) in [6.45, 7) is -0.283. The van der Waals surface area contributed by atoms with Crippen LogP contribution in [0.1, 0.15) is 6.42 Å². The van der Waals surface area contributed by atoms with Crippen molar-refractivity contribution in [2.75, 3.05) is 13.2 Å². The smallest absolute Gasteiger partial charge is 0.312 e. The average molecular weight is 148 g/mol. The fourth-order valence-electron chi connectivity index (χ4n) is 0.566. The lowest BCUT2D eigenvalue weighted by Gasteiger charge is -2.11. The molecule has 60 valence electrons. The first kappa shape index (κ1) is 9.19. The van der Waals surface area contributed by atoms with Gasteiger partial charge in [0.05, 0.1) is 12.6 Å². The molecule has 5 heteroatoms. The average Bonchev–Trinajstić information content (AvgIpc) is 1.86. The Hall–Kier alpha value is -0.810. The Kier molecular flexibility index (Phi) is 4.61. The van der Waals surface area contributed by atoms with E-state index in [1.165, 1.54) is 0 Å². The van der Waals surface area contributed by atoms with Crippen LogP contribution in [0.4, 0.5) is 4.79 Å². The molecule has 0 saturated carbocycles. The zero-order valence-corrected chi connectivity index (χ0v) is 5.58. The van der Waals surface area contributed by atoms with Crippen molar-refractivity contribution in [3.05, 3.63) is 0 Å². The van der Waals surface area contributed by atoms with E-state index in [4.69, 9.17) is 15.9 Å². The van der Waals surface area contributed by atoms with E-state index in [0.717, 1.165) is 0 Å². The first-order valence-electron chi connectivity index (χ1n) is 2.98. The molecule has 5 nitrogen and oxygen atoms in total. The fourth-order valence-corrected chi connectivity index (χ4v) is 0.566. The predicted molar refractivity (Wildman–Crippen MR) is 35.3 cm³/mol. The number of nitrogens with one attached hydrogen (secondary N) is 1. The third-order valence-electron chi connectivity index (χ3n) is 1.04. The Balaban J connectivity index is 3.49. The molecule has 5 N–H and O–H groups in total. The summed E-state index contributed by atoms with van der Waals surface area (Å²) in [4.78, 5) is 10.2. The van der Waals surface area contributed by atoms with Gasteiger partial charge in [-0.2, -0.15) is 0 Å². The van der Waals surface area contributed by atoms with Crippen LogP contribution in [-0.2, 0) is 0 Å². The highest BCUT2D eigenvalue weighted by molar-refractivity contribution is 5.71. The first-order chi connectivity index (χ1) is 4.70. The van der Waals surface area contributed by atoms with Gasteiger partial charge >= 0.3 is 6.03 Å². The van der Waals surface area contributed by atoms with Crippen LogP contribution in [0.15, 0.2) is 0 Å². The third-order valence-corrected chi connectivity index (χ3v) is 1.04. The van der Waals surface area contributed by atoms with Gasteiger partial charge in [0.1, 0.15) is 0 Å². The Morgan fingerprint density at radius 1 is 1.60 bits per heavy atom. The number of primary amides is 1. The Labute approximate surface area is 58.8 Å². The van der Waals surface area contributed by atoms with Gasteiger partial charge in [-0.15, -0.1) is 0 Å². The van der Waals surface area contributed by atoms with Crippen molar-refractivity contribution in [3.8, 4) is 0 Å². The monoisotopic (exact) mass is 148 g/mol. The topological polar surface area (TPSA) is 95.6 Å². The lowest BCUT2D eigenvalue weighted by atomic mass is 10.2. The molecule has 10 heavy (non-hydrogen) atoms. The highest BCUT2D eigenvalue weighted by atomic mass is 16.3. The molecule has 2 amide bonds. The Morgan fingerprint density at radius 2 is 2.20 bits per heavy atom. The summed E-state index contributed by atoms with van der Waals surface area (Å²) in [5.41, 5.74) is 4.76. The zero-order chi connectivity index (χ0) is 7.98. The molecule has 0 aromatic carbocycles. The van der Waals surface area contributed by atoms with E-state index in [2.05, 4.69) is 5.32 Å². The van der Waals surface area contributed by atoms with Gasteiger partial charge in [0.15, 0.2) is 0 Å². The van der Waals surface area contributed by atoms with Crippen molar-refractivity contribution in [2.24, 2.45) is 5.73 Å². The normalized spacial score (nSPS) is 12.6. The summed E-state index contributed by atoms with van der Waals surface area (Å²) in [6.07, 6.45) is 0.319. The number of amides is 2. The molecule has 0 radical (unpaired) electrons. The lowest BCUT2D eigenvalue weighted by Crippen LogP contribution is -2.41. The van der Waals surface area contributed by atoms with Crippen LogP contribution < -0.4 is 11.1 Å². The molecular formula is C5H12N2O3. The lowest BCUT2D eigenvalue weighted by molar-refractivity contribution is 0.196. The SMILES string of the molecule is NC(=O)N[C@@H](CO)CCO. The molecule has 0 fully saturated rings. The maximum absolute atomic E-state index is 10.2. The minimum Gasteiger partial charge on any atom is -0.396 e. The fraction of sp³-hybridized carbons (Fsp3) is 0.800. The van der Waals surface area contributed by atoms with Crippen LogP contribution >= 0.6 is 0 Å². The Morgan fingerprint density at radius 3 is 2.50 bits per heavy atom. The zero-order valence-electron chi connectivity index (χ0n) is 5.58. The van der Waals surface area contributed by atoms with Crippen LogP contribution in [0.3, 0.4) is 0 Å². The van der Waals surface area contributed by atoms with E-state index in [1.807, 2.05) is 0 Å². The molecule has 0 rings (SSSR count). The van der Waals surface area contributed by atoms with Crippen molar-refractivity contribution >= 4 is 6.03 Å². The molecule has 0 unspecified atom stereocenters. The van der Waals surface area contributed by atoms with Crippen LogP contribution in [0.5, 0.6) is 0 Å². The van der Waals surface area contributed by atoms with E-state index in [0.29, 0.717) is 6.42 Å². The van der Waals surface area contributed by atoms with Crippen LogP contribution in [0.25, 0.3) is 0 Å². The van der Waals surface area contributed by atoms with Gasteiger partial charge < -0.3 is 21.3 Å². The first-order valence-corrected chi connectivity index (χ1v) is 2.98.